The van der Waals surface area contributed by atoms with E-state index in [0.29, 0.717) is 0 Å². The molecule has 0 saturated carbocycles. The lowest BCUT2D eigenvalue weighted by Gasteiger charge is -2.51. The Bertz CT molecular complexity index is 932. The number of aryl methyl sites for hydroxylation is 1. The maximum Gasteiger partial charge on any atom is 0.200 e. The molecule has 1 spiro atoms. The van der Waals surface area contributed by atoms with Gasteiger partial charge in [-0.05, 0) is 43.7 Å². The molecule has 152 valence electrons. The van der Waals surface area contributed by atoms with Crippen molar-refractivity contribution in [1.29, 1.82) is 0 Å². The number of fused-ring (bicyclic) bond motifs is 4. The molecule has 1 saturated heterocycles. The number of hydrogen-bond acceptors (Lipinski definition) is 4. The Balaban J connectivity index is 1.52. The Morgan fingerprint density at radius 3 is 2.62 bits per heavy atom. The van der Waals surface area contributed by atoms with Crippen LogP contribution in [0.3, 0.4) is 0 Å². The summed E-state index contributed by atoms with van der Waals surface area (Å²) in [4.78, 5) is 2.55. The summed E-state index contributed by atoms with van der Waals surface area (Å²) in [6, 6.07) is 14.9. The second-order valence-corrected chi connectivity index (χ2v) is 8.99. The number of rotatable bonds is 3. The molecule has 3 aliphatic rings. The molecule has 0 bridgehead atoms. The highest BCUT2D eigenvalue weighted by atomic mass is 35.5. The molecule has 0 unspecified atom stereocenters. The van der Waals surface area contributed by atoms with Crippen molar-refractivity contribution in [2.45, 2.75) is 51.3 Å². The van der Waals surface area contributed by atoms with E-state index in [4.69, 9.17) is 21.4 Å². The van der Waals surface area contributed by atoms with Crippen molar-refractivity contribution in [3.8, 4) is 5.75 Å². The van der Waals surface area contributed by atoms with E-state index in [1.165, 1.54) is 17.5 Å². The summed E-state index contributed by atoms with van der Waals surface area (Å²) in [5.41, 5.74) is 4.46. The molecule has 2 aromatic rings. The van der Waals surface area contributed by atoms with Crippen molar-refractivity contribution < 1.29 is 4.74 Å². The topological polar surface area (TPSA) is 28.1 Å². The molecule has 3 aliphatic heterocycles. The number of ether oxygens (including phenoxy) is 1. The molecular formula is C24H28ClN3O. The summed E-state index contributed by atoms with van der Waals surface area (Å²) in [7, 11) is 0. The Morgan fingerprint density at radius 1 is 1.14 bits per heavy atom. The van der Waals surface area contributed by atoms with Crippen LogP contribution in [-0.4, -0.2) is 41.0 Å². The van der Waals surface area contributed by atoms with Gasteiger partial charge < -0.3 is 9.64 Å². The first-order valence-corrected chi connectivity index (χ1v) is 11.1. The molecule has 5 rings (SSSR count). The standard InChI is InChI=1S/C24H28ClN3O/c1-3-12-27-13-10-24(11-14-27)28-22(20-15-17(2)4-9-23(20)29-24)16-21(26-28)18-5-7-19(25)8-6-18/h4-9,15,22H,3,10-14,16H2,1-2H3/t22-/m0/s1. The summed E-state index contributed by atoms with van der Waals surface area (Å²) in [5.74, 6) is 1.04. The average molecular weight is 410 g/mol. The third-order valence-electron chi connectivity index (χ3n) is 6.51. The molecule has 0 radical (unpaired) electrons. The first-order chi connectivity index (χ1) is 14.1. The van der Waals surface area contributed by atoms with Crippen LogP contribution < -0.4 is 4.74 Å². The van der Waals surface area contributed by atoms with Gasteiger partial charge >= 0.3 is 0 Å². The highest BCUT2D eigenvalue weighted by Crippen LogP contribution is 2.50. The lowest BCUT2D eigenvalue weighted by Crippen LogP contribution is -2.59. The van der Waals surface area contributed by atoms with E-state index in [2.05, 4.69) is 54.1 Å². The molecule has 29 heavy (non-hydrogen) atoms. The van der Waals surface area contributed by atoms with E-state index >= 15 is 0 Å². The third kappa shape index (κ3) is 3.32. The van der Waals surface area contributed by atoms with Gasteiger partial charge in [-0.25, -0.2) is 5.01 Å². The second-order valence-electron chi connectivity index (χ2n) is 8.55. The normalized spacial score (nSPS) is 22.8. The minimum Gasteiger partial charge on any atom is -0.466 e. The monoisotopic (exact) mass is 409 g/mol. The zero-order valence-electron chi connectivity index (χ0n) is 17.2. The summed E-state index contributed by atoms with van der Waals surface area (Å²) in [6.07, 6.45) is 4.06. The number of hydrogen-bond donors (Lipinski definition) is 0. The van der Waals surface area contributed by atoms with E-state index < -0.39 is 0 Å². The van der Waals surface area contributed by atoms with Gasteiger partial charge in [0, 0.05) is 42.9 Å². The largest absolute Gasteiger partial charge is 0.466 e. The van der Waals surface area contributed by atoms with Crippen LogP contribution in [0.2, 0.25) is 5.02 Å². The molecule has 1 atom stereocenters. The number of benzene rings is 2. The van der Waals surface area contributed by atoms with Gasteiger partial charge in [0.05, 0.1) is 11.8 Å². The van der Waals surface area contributed by atoms with Gasteiger partial charge in [0.1, 0.15) is 5.75 Å². The minimum atomic E-state index is -0.342. The molecule has 0 aliphatic carbocycles. The SMILES string of the molecule is CCCN1CCC2(CC1)Oc1ccc(C)cc1[C@@H]1CC(c3ccc(Cl)cc3)=NN12. The fourth-order valence-electron chi connectivity index (χ4n) is 4.99. The van der Waals surface area contributed by atoms with Gasteiger partial charge in [-0.15, -0.1) is 0 Å². The highest BCUT2D eigenvalue weighted by Gasteiger charge is 2.51. The van der Waals surface area contributed by atoms with Crippen LogP contribution in [0.1, 0.15) is 55.3 Å². The number of piperidine rings is 1. The molecule has 0 amide bonds. The molecular weight excluding hydrogens is 382 g/mol. The van der Waals surface area contributed by atoms with Crippen molar-refractivity contribution in [3.63, 3.8) is 0 Å². The van der Waals surface area contributed by atoms with Crippen LogP contribution in [0.4, 0.5) is 0 Å². The van der Waals surface area contributed by atoms with E-state index in [0.717, 1.165) is 60.9 Å². The fourth-order valence-corrected chi connectivity index (χ4v) is 5.12. The molecule has 2 aromatic carbocycles. The van der Waals surface area contributed by atoms with E-state index in [-0.39, 0.29) is 11.8 Å². The number of halogens is 1. The van der Waals surface area contributed by atoms with E-state index in [1.54, 1.807) is 0 Å². The van der Waals surface area contributed by atoms with Crippen LogP contribution in [0.5, 0.6) is 5.75 Å². The van der Waals surface area contributed by atoms with Gasteiger partial charge in [-0.2, -0.15) is 5.10 Å². The lowest BCUT2D eigenvalue weighted by atomic mass is 9.90. The first-order valence-electron chi connectivity index (χ1n) is 10.7. The fraction of sp³-hybridized carbons (Fsp3) is 0.458. The predicted octanol–water partition coefficient (Wildman–Crippen LogP) is 5.39. The second kappa shape index (κ2) is 7.33. The quantitative estimate of drug-likeness (QED) is 0.679. The van der Waals surface area contributed by atoms with Gasteiger partial charge in [0.15, 0.2) is 0 Å². The average Bonchev–Trinajstić information content (AvgIpc) is 3.18. The van der Waals surface area contributed by atoms with Crippen LogP contribution in [-0.2, 0) is 0 Å². The van der Waals surface area contributed by atoms with Crippen molar-refractivity contribution >= 4 is 17.3 Å². The molecule has 0 N–H and O–H groups in total. The third-order valence-corrected chi connectivity index (χ3v) is 6.76. The zero-order valence-corrected chi connectivity index (χ0v) is 18.0. The Morgan fingerprint density at radius 2 is 1.90 bits per heavy atom. The van der Waals surface area contributed by atoms with Gasteiger partial charge in [0.2, 0.25) is 5.72 Å². The Kier molecular flexibility index (Phi) is 4.79. The van der Waals surface area contributed by atoms with Gasteiger partial charge in [0.25, 0.3) is 0 Å². The summed E-state index contributed by atoms with van der Waals surface area (Å²) in [5, 5.41) is 8.20. The van der Waals surface area contributed by atoms with Crippen molar-refractivity contribution in [1.82, 2.24) is 9.91 Å². The highest BCUT2D eigenvalue weighted by molar-refractivity contribution is 6.30. The molecule has 4 nitrogen and oxygen atoms in total. The van der Waals surface area contributed by atoms with E-state index in [9.17, 15) is 0 Å². The molecule has 0 aromatic heterocycles. The zero-order chi connectivity index (χ0) is 20.0. The van der Waals surface area contributed by atoms with Crippen LogP contribution in [0, 0.1) is 6.92 Å². The molecule has 5 heteroatoms. The minimum absolute atomic E-state index is 0.238. The van der Waals surface area contributed by atoms with Gasteiger partial charge in [-0.3, -0.25) is 0 Å². The lowest BCUT2D eigenvalue weighted by molar-refractivity contribution is -0.149. The van der Waals surface area contributed by atoms with E-state index in [1.807, 2.05) is 12.1 Å². The van der Waals surface area contributed by atoms with Crippen molar-refractivity contribution in [2.24, 2.45) is 5.10 Å². The van der Waals surface area contributed by atoms with Gasteiger partial charge in [-0.1, -0.05) is 48.4 Å². The molecule has 3 heterocycles. The summed E-state index contributed by atoms with van der Waals surface area (Å²) >= 11 is 6.11. The Labute approximate surface area is 178 Å². The summed E-state index contributed by atoms with van der Waals surface area (Å²) < 4.78 is 6.73. The number of likely N-dealkylation sites (tertiary alicyclic amines) is 1. The first kappa shape index (κ1) is 19.0. The van der Waals surface area contributed by atoms with Crippen LogP contribution in [0.25, 0.3) is 0 Å². The smallest absolute Gasteiger partial charge is 0.200 e. The summed E-state index contributed by atoms with van der Waals surface area (Å²) in [6.45, 7) is 7.68. The number of nitrogens with zero attached hydrogens (tertiary/aromatic N) is 3. The van der Waals surface area contributed by atoms with Crippen LogP contribution >= 0.6 is 11.6 Å². The number of hydrazone groups is 1. The molecule has 1 fully saturated rings. The maximum atomic E-state index is 6.73. The van der Waals surface area contributed by atoms with Crippen molar-refractivity contribution in [2.75, 3.05) is 19.6 Å². The van der Waals surface area contributed by atoms with Crippen LogP contribution in [0.15, 0.2) is 47.6 Å². The predicted molar refractivity (Wildman–Crippen MR) is 118 cm³/mol. The maximum absolute atomic E-state index is 6.73. The van der Waals surface area contributed by atoms with Crippen molar-refractivity contribution in [3.05, 3.63) is 64.2 Å². The Hall–Kier alpha value is -2.04.